The molecule has 3 aromatic carbocycles. The zero-order valence-electron chi connectivity index (χ0n) is 27.9. The molecular formula is C37H35F2N3O7. The molecule has 0 fully saturated rings. The van der Waals surface area contributed by atoms with E-state index >= 15 is 4.39 Å². The number of benzene rings is 3. The van der Waals surface area contributed by atoms with Crippen LogP contribution in [0.4, 0.5) is 13.6 Å². The van der Waals surface area contributed by atoms with Crippen molar-refractivity contribution in [1.29, 1.82) is 0 Å². The molecule has 5 rings (SSSR count). The summed E-state index contributed by atoms with van der Waals surface area (Å²) in [6.45, 7) is 6.73. The predicted molar refractivity (Wildman–Crippen MR) is 179 cm³/mol. The second kappa shape index (κ2) is 14.1. The van der Waals surface area contributed by atoms with Gasteiger partial charge < -0.3 is 24.3 Å². The number of halogens is 2. The average molecular weight is 672 g/mol. The molecule has 0 unspecified atom stereocenters. The molecule has 10 nitrogen and oxygen atoms in total. The fourth-order valence-corrected chi connectivity index (χ4v) is 5.21. The Hall–Kier alpha value is -5.78. The highest BCUT2D eigenvalue weighted by molar-refractivity contribution is 5.97. The van der Waals surface area contributed by atoms with E-state index < -0.39 is 34.7 Å². The zero-order valence-corrected chi connectivity index (χ0v) is 27.9. The van der Waals surface area contributed by atoms with Gasteiger partial charge in [0.05, 0.1) is 31.8 Å². The Labute approximate surface area is 281 Å². The number of alkyl carbamates (subject to hydrolysis) is 1. The number of aromatic nitrogens is 2. The van der Waals surface area contributed by atoms with Gasteiger partial charge in [-0.15, -0.1) is 0 Å². The van der Waals surface area contributed by atoms with Gasteiger partial charge in [-0.3, -0.25) is 19.1 Å². The number of amides is 1. The van der Waals surface area contributed by atoms with Gasteiger partial charge in [-0.1, -0.05) is 6.07 Å². The van der Waals surface area contributed by atoms with Gasteiger partial charge in [0.2, 0.25) is 0 Å². The lowest BCUT2D eigenvalue weighted by Gasteiger charge is -2.21. The van der Waals surface area contributed by atoms with E-state index in [2.05, 4.69) is 10.3 Å². The standard InChI is InChI=1S/C37H35F2N3O7/c1-21-15-26(35(44)42(24-10-8-23(38)9-11-24)29(21)20-41-36(45)49-37(2,3)4)30(43)17-22-7-12-32(27(39)16-22)48-31-13-14-40-28-19-34(47-6)33(46-5)18-25(28)31/h7-16,18-19H,17,20H2,1-6H3,(H,41,45). The predicted octanol–water partition coefficient (Wildman–Crippen LogP) is 7.23. The number of methoxy groups -OCH3 is 2. The second-order valence-electron chi connectivity index (χ2n) is 12.2. The first kappa shape index (κ1) is 34.6. The van der Waals surface area contributed by atoms with E-state index in [1.54, 1.807) is 45.9 Å². The molecule has 0 radical (unpaired) electrons. The van der Waals surface area contributed by atoms with Crippen LogP contribution in [0.25, 0.3) is 16.6 Å². The first-order chi connectivity index (χ1) is 23.3. The highest BCUT2D eigenvalue weighted by Crippen LogP contribution is 2.37. The van der Waals surface area contributed by atoms with E-state index in [9.17, 15) is 18.8 Å². The number of aryl methyl sites for hydroxylation is 1. The third kappa shape index (κ3) is 7.86. The first-order valence-electron chi connectivity index (χ1n) is 15.3. The first-order valence-corrected chi connectivity index (χ1v) is 15.3. The van der Waals surface area contributed by atoms with Crippen LogP contribution in [0.3, 0.4) is 0 Å². The molecule has 0 atom stereocenters. The van der Waals surface area contributed by atoms with Crippen LogP contribution >= 0.6 is 0 Å². The monoisotopic (exact) mass is 671 g/mol. The lowest BCUT2D eigenvalue weighted by molar-refractivity contribution is 0.0522. The number of rotatable bonds is 10. The Morgan fingerprint density at radius 3 is 2.22 bits per heavy atom. The van der Waals surface area contributed by atoms with Crippen molar-refractivity contribution in [3.8, 4) is 28.7 Å². The van der Waals surface area contributed by atoms with Gasteiger partial charge in [0.25, 0.3) is 5.56 Å². The maximum Gasteiger partial charge on any atom is 0.407 e. The molecule has 49 heavy (non-hydrogen) atoms. The molecule has 2 aromatic heterocycles. The molecule has 2 heterocycles. The van der Waals surface area contributed by atoms with Crippen LogP contribution in [0, 0.1) is 18.6 Å². The molecule has 0 saturated carbocycles. The third-order valence-electron chi connectivity index (χ3n) is 7.49. The van der Waals surface area contributed by atoms with Gasteiger partial charge in [0.1, 0.15) is 17.2 Å². The van der Waals surface area contributed by atoms with Crippen molar-refractivity contribution in [1.82, 2.24) is 14.9 Å². The Bertz CT molecular complexity index is 2110. The zero-order chi connectivity index (χ0) is 35.5. The van der Waals surface area contributed by atoms with Crippen molar-refractivity contribution in [2.24, 2.45) is 0 Å². The summed E-state index contributed by atoms with van der Waals surface area (Å²) < 4.78 is 52.4. The number of nitrogens with zero attached hydrogens (tertiary/aromatic N) is 2. The van der Waals surface area contributed by atoms with Crippen molar-refractivity contribution in [3.63, 3.8) is 0 Å². The quantitative estimate of drug-likeness (QED) is 0.155. The third-order valence-corrected chi connectivity index (χ3v) is 7.49. The summed E-state index contributed by atoms with van der Waals surface area (Å²) >= 11 is 0. The molecule has 5 aromatic rings. The number of nitrogens with one attached hydrogen (secondary N) is 1. The minimum atomic E-state index is -0.744. The number of carbonyl (C=O) groups excluding carboxylic acids is 2. The van der Waals surface area contributed by atoms with Crippen LogP contribution in [-0.2, 0) is 17.7 Å². The molecule has 0 aliphatic heterocycles. The van der Waals surface area contributed by atoms with Crippen molar-refractivity contribution in [2.75, 3.05) is 14.2 Å². The maximum absolute atomic E-state index is 15.4. The number of Topliss-reactive ketones (excluding diaryl/α,β-unsaturated/α-hetero) is 1. The number of hydrogen-bond donors (Lipinski definition) is 1. The van der Waals surface area contributed by atoms with E-state index in [1.807, 2.05) is 0 Å². The van der Waals surface area contributed by atoms with Crippen molar-refractivity contribution >= 4 is 22.8 Å². The molecule has 12 heteroatoms. The van der Waals surface area contributed by atoms with Crippen LogP contribution in [0.1, 0.15) is 48.0 Å². The average Bonchev–Trinajstić information content (AvgIpc) is 3.05. The number of fused-ring (bicyclic) bond motifs is 1. The van der Waals surface area contributed by atoms with Gasteiger partial charge >= 0.3 is 6.09 Å². The summed E-state index contributed by atoms with van der Waals surface area (Å²) in [6.07, 6.45) is 0.533. The summed E-state index contributed by atoms with van der Waals surface area (Å²) in [4.78, 5) is 44.1. The minimum absolute atomic E-state index is 0.0881. The topological polar surface area (TPSA) is 118 Å². The molecule has 1 amide bonds. The molecule has 0 aliphatic carbocycles. The number of ether oxygens (including phenoxy) is 4. The van der Waals surface area contributed by atoms with E-state index in [0.717, 1.165) is 0 Å². The Balaban J connectivity index is 1.42. The molecule has 254 valence electrons. The highest BCUT2D eigenvalue weighted by atomic mass is 19.1. The van der Waals surface area contributed by atoms with Crippen LogP contribution in [0.5, 0.6) is 23.0 Å². The van der Waals surface area contributed by atoms with Crippen LogP contribution < -0.4 is 25.1 Å². The number of pyridine rings is 2. The van der Waals surface area contributed by atoms with Crippen molar-refractivity contribution in [2.45, 2.75) is 46.3 Å². The fourth-order valence-electron chi connectivity index (χ4n) is 5.21. The Morgan fingerprint density at radius 1 is 0.878 bits per heavy atom. The summed E-state index contributed by atoms with van der Waals surface area (Å²) in [7, 11) is 3.01. The van der Waals surface area contributed by atoms with Crippen LogP contribution in [0.2, 0.25) is 0 Å². The van der Waals surface area contributed by atoms with Crippen LogP contribution in [-0.4, -0.2) is 41.2 Å². The largest absolute Gasteiger partial charge is 0.493 e. The number of ketones is 1. The van der Waals surface area contributed by atoms with Crippen molar-refractivity contribution < 1.29 is 37.3 Å². The molecule has 1 N–H and O–H groups in total. The molecule has 0 spiro atoms. The summed E-state index contributed by atoms with van der Waals surface area (Å²) in [5.74, 6) is -0.638. The normalized spacial score (nSPS) is 11.3. The smallest absolute Gasteiger partial charge is 0.407 e. The molecule has 0 bridgehead atoms. The SMILES string of the molecule is COc1cc2nccc(Oc3ccc(CC(=O)c4cc(C)c(CNC(=O)OC(C)(C)C)n(-c5ccc(F)cc5)c4=O)cc3F)c2cc1OC. The second-order valence-corrected chi connectivity index (χ2v) is 12.2. The maximum atomic E-state index is 15.4. The van der Waals surface area contributed by atoms with E-state index in [4.69, 9.17) is 18.9 Å². The molecule has 0 saturated heterocycles. The lowest BCUT2D eigenvalue weighted by atomic mass is 10.0. The van der Waals surface area contributed by atoms with Gasteiger partial charge in [-0.25, -0.2) is 13.6 Å². The molecule has 0 aliphatic rings. The minimum Gasteiger partial charge on any atom is -0.493 e. The van der Waals surface area contributed by atoms with E-state index in [1.165, 1.54) is 73.5 Å². The summed E-state index contributed by atoms with van der Waals surface area (Å²) in [5.41, 5.74) is 0.441. The lowest BCUT2D eigenvalue weighted by Crippen LogP contribution is -2.35. The summed E-state index contributed by atoms with van der Waals surface area (Å²) in [6, 6.07) is 15.7. The fraction of sp³-hybridized carbons (Fsp3) is 0.243. The number of carbonyl (C=O) groups is 2. The van der Waals surface area contributed by atoms with Crippen LogP contribution in [0.15, 0.2) is 77.7 Å². The Kier molecular flexibility index (Phi) is 9.97. The van der Waals surface area contributed by atoms with Gasteiger partial charge in [-0.05, 0) is 93.4 Å². The Morgan fingerprint density at radius 2 is 1.57 bits per heavy atom. The van der Waals surface area contributed by atoms with Crippen molar-refractivity contribution in [3.05, 3.63) is 117 Å². The van der Waals surface area contributed by atoms with E-state index in [-0.39, 0.29) is 30.0 Å². The highest BCUT2D eigenvalue weighted by Gasteiger charge is 2.22. The van der Waals surface area contributed by atoms with Gasteiger partial charge in [-0.2, -0.15) is 0 Å². The van der Waals surface area contributed by atoms with E-state index in [0.29, 0.717) is 45.0 Å². The van der Waals surface area contributed by atoms with Gasteiger partial charge in [0.15, 0.2) is 28.8 Å². The summed E-state index contributed by atoms with van der Waals surface area (Å²) in [5, 5.41) is 3.20. The molecular weight excluding hydrogens is 636 g/mol. The number of hydrogen-bond acceptors (Lipinski definition) is 8. The van der Waals surface area contributed by atoms with Gasteiger partial charge in [0, 0.05) is 35.5 Å².